The van der Waals surface area contributed by atoms with Crippen LogP contribution in [0.3, 0.4) is 0 Å². The summed E-state index contributed by atoms with van der Waals surface area (Å²) in [6.45, 7) is 6.64. The molecule has 0 spiro atoms. The minimum atomic E-state index is -0.529. The van der Waals surface area contributed by atoms with E-state index in [1.165, 1.54) is 15.6 Å². The van der Waals surface area contributed by atoms with Crippen molar-refractivity contribution in [1.82, 2.24) is 39.3 Å². The lowest BCUT2D eigenvalue weighted by Crippen LogP contribution is -2.31. The van der Waals surface area contributed by atoms with Crippen LogP contribution in [0.15, 0.2) is 34.1 Å². The van der Waals surface area contributed by atoms with Gasteiger partial charge in [0.25, 0.3) is 5.56 Å². The molecule has 1 aromatic carbocycles. The van der Waals surface area contributed by atoms with Crippen LogP contribution in [0.1, 0.15) is 54.9 Å². The Morgan fingerprint density at radius 3 is 2.62 bits per heavy atom. The Balaban J connectivity index is 1.63. The quantitative estimate of drug-likeness (QED) is 0.368. The molecule has 4 rings (SSSR count). The number of unbranched alkanes of at least 4 members (excludes halogenated alkanes) is 1. The maximum absolute atomic E-state index is 12.8. The molecule has 0 radical (unpaired) electrons. The molecule has 178 valence electrons. The molecule has 0 aliphatic heterocycles. The van der Waals surface area contributed by atoms with E-state index in [1.807, 2.05) is 20.8 Å². The van der Waals surface area contributed by atoms with E-state index in [0.717, 1.165) is 30.5 Å². The van der Waals surface area contributed by atoms with Gasteiger partial charge in [0.2, 0.25) is 0 Å². The van der Waals surface area contributed by atoms with Crippen molar-refractivity contribution in [1.29, 1.82) is 0 Å². The van der Waals surface area contributed by atoms with Crippen LogP contribution in [0.4, 0.5) is 0 Å². The Bertz CT molecular complexity index is 1430. The fourth-order valence-corrected chi connectivity index (χ4v) is 3.84. The average Bonchev–Trinajstić information content (AvgIpc) is 3.46. The van der Waals surface area contributed by atoms with E-state index < -0.39 is 17.2 Å². The minimum absolute atomic E-state index is 0.136. The number of ether oxygens (including phenoxy) is 1. The predicted octanol–water partition coefficient (Wildman–Crippen LogP) is 1.74. The van der Waals surface area contributed by atoms with Gasteiger partial charge >= 0.3 is 11.7 Å². The number of carbonyl (C=O) groups is 1. The van der Waals surface area contributed by atoms with Crippen LogP contribution in [-0.4, -0.2) is 45.3 Å². The zero-order chi connectivity index (χ0) is 24.2. The summed E-state index contributed by atoms with van der Waals surface area (Å²) in [5, 5.41) is 11.1. The Hall–Kier alpha value is -4.09. The molecule has 3 aromatic heterocycles. The largest absolute Gasteiger partial charge is 0.454 e. The monoisotopic (exact) mass is 466 g/mol. The first-order valence-electron chi connectivity index (χ1n) is 11.2. The van der Waals surface area contributed by atoms with Gasteiger partial charge in [0.15, 0.2) is 11.2 Å². The molecular formula is C22H26N8O4. The summed E-state index contributed by atoms with van der Waals surface area (Å²) in [6, 6.07) is 5.07. The van der Waals surface area contributed by atoms with Crippen LogP contribution in [0.5, 0.6) is 0 Å². The molecule has 12 heteroatoms. The Labute approximate surface area is 194 Å². The summed E-state index contributed by atoms with van der Waals surface area (Å²) < 4.78 is 10.2. The molecule has 4 aromatic rings. The number of aromatic nitrogens is 8. The van der Waals surface area contributed by atoms with Crippen molar-refractivity contribution in [3.05, 3.63) is 62.3 Å². The molecule has 0 saturated heterocycles. The predicted molar refractivity (Wildman–Crippen MR) is 123 cm³/mol. The third-order valence-electron chi connectivity index (χ3n) is 5.51. The van der Waals surface area contributed by atoms with E-state index in [2.05, 4.69) is 25.5 Å². The Morgan fingerprint density at radius 1 is 1.12 bits per heavy atom. The molecular weight excluding hydrogens is 440 g/mol. The van der Waals surface area contributed by atoms with E-state index >= 15 is 0 Å². The average molecular weight is 467 g/mol. The highest BCUT2D eigenvalue weighted by Gasteiger charge is 2.20. The van der Waals surface area contributed by atoms with Crippen molar-refractivity contribution in [3.63, 3.8) is 0 Å². The van der Waals surface area contributed by atoms with E-state index in [4.69, 9.17) is 4.74 Å². The normalized spacial score (nSPS) is 11.3. The first-order valence-corrected chi connectivity index (χ1v) is 11.2. The maximum Gasteiger partial charge on any atom is 0.338 e. The summed E-state index contributed by atoms with van der Waals surface area (Å²) in [6.07, 6.45) is 3.86. The fraction of sp³-hybridized carbons (Fsp3) is 0.409. The number of carbonyl (C=O) groups excluding carboxylic acids is 1. The zero-order valence-corrected chi connectivity index (χ0v) is 19.3. The van der Waals surface area contributed by atoms with Gasteiger partial charge in [0, 0.05) is 13.1 Å². The number of nitrogens with one attached hydrogen (secondary N) is 1. The minimum Gasteiger partial charge on any atom is -0.454 e. The molecule has 0 aliphatic rings. The van der Waals surface area contributed by atoms with Gasteiger partial charge < -0.3 is 9.30 Å². The summed E-state index contributed by atoms with van der Waals surface area (Å²) in [5.74, 6) is -0.118. The summed E-state index contributed by atoms with van der Waals surface area (Å²) in [7, 11) is 0. The Kier molecular flexibility index (Phi) is 6.66. The highest BCUT2D eigenvalue weighted by molar-refractivity contribution is 5.90. The number of hydrogen-bond acceptors (Lipinski definition) is 8. The second kappa shape index (κ2) is 9.81. The van der Waals surface area contributed by atoms with E-state index in [0.29, 0.717) is 35.6 Å². The van der Waals surface area contributed by atoms with Gasteiger partial charge in [-0.2, -0.15) is 0 Å². The van der Waals surface area contributed by atoms with Crippen molar-refractivity contribution >= 4 is 17.1 Å². The second-order valence-electron chi connectivity index (χ2n) is 7.95. The third-order valence-corrected chi connectivity index (χ3v) is 5.51. The Morgan fingerprint density at radius 2 is 1.94 bits per heavy atom. The first-order chi connectivity index (χ1) is 16.4. The standard InChI is InChI=1S/C22H26N8O4/c1-4-6-10-29-19-18(20(31)25-22(29)33)28(9-5-2)17(24-19)12-34-21(32)15-7-8-16(14(3)11-15)30-13-23-26-27-30/h7-8,11,13H,4-6,9-10,12H2,1-3H3,(H,25,31,33). The van der Waals surface area contributed by atoms with Gasteiger partial charge in [-0.05, 0) is 54.0 Å². The van der Waals surface area contributed by atoms with Crippen LogP contribution >= 0.6 is 0 Å². The number of rotatable bonds is 9. The number of nitrogens with zero attached hydrogens (tertiary/aromatic N) is 7. The molecule has 0 aliphatic carbocycles. The summed E-state index contributed by atoms with van der Waals surface area (Å²) in [4.78, 5) is 44.7. The van der Waals surface area contributed by atoms with Gasteiger partial charge in [-0.15, -0.1) is 5.10 Å². The molecule has 34 heavy (non-hydrogen) atoms. The van der Waals surface area contributed by atoms with E-state index in [9.17, 15) is 14.4 Å². The zero-order valence-electron chi connectivity index (χ0n) is 19.3. The summed E-state index contributed by atoms with van der Waals surface area (Å²) in [5.41, 5.74) is 1.54. The van der Waals surface area contributed by atoms with Crippen LogP contribution < -0.4 is 11.2 Å². The number of benzene rings is 1. The topological polar surface area (TPSA) is 143 Å². The van der Waals surface area contributed by atoms with Gasteiger partial charge in [-0.1, -0.05) is 20.3 Å². The SMILES string of the molecule is CCCCn1c(=O)[nH]c(=O)c2c1nc(COC(=O)c1ccc(-n3cnnn3)c(C)c1)n2CCC. The molecule has 0 atom stereocenters. The number of aryl methyl sites for hydroxylation is 3. The molecule has 3 heterocycles. The number of H-pyrrole nitrogens is 1. The fourth-order valence-electron chi connectivity index (χ4n) is 3.84. The number of tetrazole rings is 1. The van der Waals surface area contributed by atoms with Crippen molar-refractivity contribution < 1.29 is 9.53 Å². The molecule has 0 bridgehead atoms. The van der Waals surface area contributed by atoms with Gasteiger partial charge in [0.1, 0.15) is 18.8 Å². The lowest BCUT2D eigenvalue weighted by Gasteiger charge is -2.10. The van der Waals surface area contributed by atoms with Crippen molar-refractivity contribution in [2.75, 3.05) is 0 Å². The highest BCUT2D eigenvalue weighted by atomic mass is 16.5. The number of fused-ring (bicyclic) bond motifs is 1. The van der Waals surface area contributed by atoms with Gasteiger partial charge in [-0.3, -0.25) is 14.3 Å². The number of esters is 1. The molecule has 12 nitrogen and oxygen atoms in total. The maximum atomic E-state index is 12.8. The number of aromatic amines is 1. The highest BCUT2D eigenvalue weighted by Crippen LogP contribution is 2.17. The van der Waals surface area contributed by atoms with Crippen molar-refractivity contribution in [2.45, 2.75) is 59.7 Å². The second-order valence-corrected chi connectivity index (χ2v) is 7.95. The van der Waals surface area contributed by atoms with Gasteiger partial charge in [0.05, 0.1) is 11.3 Å². The number of hydrogen-bond donors (Lipinski definition) is 1. The van der Waals surface area contributed by atoms with Crippen molar-refractivity contribution in [3.8, 4) is 5.69 Å². The first kappa shape index (κ1) is 23.1. The third kappa shape index (κ3) is 4.38. The van der Waals surface area contributed by atoms with Crippen LogP contribution in [0, 0.1) is 6.92 Å². The lowest BCUT2D eigenvalue weighted by atomic mass is 10.1. The van der Waals surface area contributed by atoms with E-state index in [1.54, 1.807) is 22.8 Å². The summed E-state index contributed by atoms with van der Waals surface area (Å²) >= 11 is 0. The molecule has 0 fully saturated rings. The smallest absolute Gasteiger partial charge is 0.338 e. The molecule has 0 saturated carbocycles. The molecule has 0 unspecified atom stereocenters. The lowest BCUT2D eigenvalue weighted by molar-refractivity contribution is 0.0458. The number of imidazole rings is 1. The molecule has 0 amide bonds. The van der Waals surface area contributed by atoms with Crippen molar-refractivity contribution in [2.24, 2.45) is 0 Å². The van der Waals surface area contributed by atoms with Crippen LogP contribution in [-0.2, 0) is 24.4 Å². The van der Waals surface area contributed by atoms with E-state index in [-0.39, 0.29) is 6.61 Å². The molecule has 1 N–H and O–H groups in total. The van der Waals surface area contributed by atoms with Crippen LogP contribution in [0.2, 0.25) is 0 Å². The van der Waals surface area contributed by atoms with Gasteiger partial charge in [-0.25, -0.2) is 19.3 Å². The van der Waals surface area contributed by atoms with Crippen LogP contribution in [0.25, 0.3) is 16.9 Å².